The lowest BCUT2D eigenvalue weighted by molar-refractivity contribution is -0.110. The van der Waals surface area contributed by atoms with E-state index in [4.69, 9.17) is 0 Å². The highest BCUT2D eigenvalue weighted by Crippen LogP contribution is 2.35. The van der Waals surface area contributed by atoms with E-state index in [0.717, 1.165) is 23.1 Å². The van der Waals surface area contributed by atoms with Crippen molar-refractivity contribution in [2.24, 2.45) is 0 Å². The molecule has 3 aromatic carbocycles. The van der Waals surface area contributed by atoms with Gasteiger partial charge in [0.05, 0.1) is 29.3 Å². The number of aromatic nitrogens is 1. The van der Waals surface area contributed by atoms with Gasteiger partial charge in [0, 0.05) is 28.2 Å². The fourth-order valence-corrected chi connectivity index (χ4v) is 6.11. The zero-order valence-corrected chi connectivity index (χ0v) is 26.3. The van der Waals surface area contributed by atoms with Crippen LogP contribution in [-0.4, -0.2) is 33.9 Å². The number of aromatic amines is 1. The van der Waals surface area contributed by atoms with Gasteiger partial charge in [-0.2, -0.15) is 0 Å². The highest BCUT2D eigenvalue weighted by Gasteiger charge is 2.31. The van der Waals surface area contributed by atoms with E-state index < -0.39 is 12.1 Å². The number of rotatable bonds is 6. The lowest BCUT2D eigenvalue weighted by atomic mass is 9.85. The van der Waals surface area contributed by atoms with Gasteiger partial charge in [-0.1, -0.05) is 68.4 Å². The number of aryl methyl sites for hydroxylation is 2. The van der Waals surface area contributed by atoms with Crippen molar-refractivity contribution in [3.8, 4) is 0 Å². The van der Waals surface area contributed by atoms with Crippen LogP contribution in [0.5, 0.6) is 0 Å². The second-order valence-corrected chi connectivity index (χ2v) is 11.3. The quantitative estimate of drug-likeness (QED) is 0.163. The summed E-state index contributed by atoms with van der Waals surface area (Å²) in [5.74, 6) is -0.820. The fourth-order valence-electron chi connectivity index (χ4n) is 6.11. The minimum Gasteiger partial charge on any atom is -0.391 e. The number of amides is 3. The lowest BCUT2D eigenvalue weighted by Crippen LogP contribution is -2.39. The molecule has 0 saturated heterocycles. The second kappa shape index (κ2) is 13.4. The van der Waals surface area contributed by atoms with Crippen LogP contribution in [0.15, 0.2) is 72.8 Å². The number of hydrogen-bond donors (Lipinski definition) is 5. The van der Waals surface area contributed by atoms with Gasteiger partial charge in [-0.05, 0) is 80.1 Å². The number of benzene rings is 3. The Bertz CT molecular complexity index is 1770. The number of fused-ring (bicyclic) bond motifs is 2. The molecule has 2 heterocycles. The summed E-state index contributed by atoms with van der Waals surface area (Å²) < 4.78 is 0. The van der Waals surface area contributed by atoms with Crippen molar-refractivity contribution >= 4 is 35.1 Å². The van der Waals surface area contributed by atoms with Gasteiger partial charge in [-0.25, -0.2) is 0 Å². The molecular weight excluding hydrogens is 564 g/mol. The first-order valence-electron chi connectivity index (χ1n) is 15.5. The molecule has 6 rings (SSSR count). The van der Waals surface area contributed by atoms with Crippen LogP contribution in [0.2, 0.25) is 0 Å². The number of H-pyrrole nitrogens is 1. The Morgan fingerprint density at radius 2 is 1.69 bits per heavy atom. The molecule has 8 heteroatoms. The van der Waals surface area contributed by atoms with Gasteiger partial charge in [0.25, 0.3) is 17.7 Å². The Balaban J connectivity index is 0.00000196. The molecule has 0 bridgehead atoms. The molecule has 232 valence electrons. The molecule has 3 amide bonds. The predicted octanol–water partition coefficient (Wildman–Crippen LogP) is 6.42. The van der Waals surface area contributed by atoms with E-state index in [0.29, 0.717) is 51.3 Å². The lowest BCUT2D eigenvalue weighted by Gasteiger charge is -2.31. The Morgan fingerprint density at radius 3 is 2.44 bits per heavy atom. The Hall–Kier alpha value is -4.95. The average Bonchev–Trinajstić information content (AvgIpc) is 3.52. The Kier molecular flexibility index (Phi) is 9.34. The van der Waals surface area contributed by atoms with Gasteiger partial charge < -0.3 is 26.0 Å². The van der Waals surface area contributed by atoms with Gasteiger partial charge in [-0.3, -0.25) is 14.4 Å². The van der Waals surface area contributed by atoms with Crippen LogP contribution in [0.3, 0.4) is 0 Å². The second-order valence-electron chi connectivity index (χ2n) is 11.3. The van der Waals surface area contributed by atoms with E-state index >= 15 is 0 Å². The number of carbonyl (C=O) groups is 3. The molecule has 2 aliphatic rings. The summed E-state index contributed by atoms with van der Waals surface area (Å²) in [7, 11) is 0. The number of carbonyl (C=O) groups excluding carboxylic acids is 3. The monoisotopic (exact) mass is 604 g/mol. The summed E-state index contributed by atoms with van der Waals surface area (Å²) in [5, 5.41) is 19.7. The van der Waals surface area contributed by atoms with Gasteiger partial charge in [0.15, 0.2) is 0 Å². The van der Waals surface area contributed by atoms with Crippen LogP contribution in [0.4, 0.5) is 5.69 Å². The van der Waals surface area contributed by atoms with E-state index in [9.17, 15) is 19.5 Å². The maximum atomic E-state index is 13.5. The Morgan fingerprint density at radius 1 is 0.978 bits per heavy atom. The summed E-state index contributed by atoms with van der Waals surface area (Å²) in [5.41, 5.74) is 7.56. The first-order valence-corrected chi connectivity index (χ1v) is 15.5. The third-order valence-corrected chi connectivity index (χ3v) is 8.47. The molecule has 8 nitrogen and oxygen atoms in total. The summed E-state index contributed by atoms with van der Waals surface area (Å²) >= 11 is 0. The third kappa shape index (κ3) is 6.33. The summed E-state index contributed by atoms with van der Waals surface area (Å²) in [4.78, 5) is 43.0. The van der Waals surface area contributed by atoms with Crippen LogP contribution in [0.25, 0.3) is 11.6 Å². The normalized spacial score (nSPS) is 18.2. The minimum atomic E-state index is -0.680. The van der Waals surface area contributed by atoms with Gasteiger partial charge >= 0.3 is 0 Å². The largest absolute Gasteiger partial charge is 0.391 e. The molecule has 0 spiro atoms. The average molecular weight is 605 g/mol. The maximum Gasteiger partial charge on any atom is 0.256 e. The molecule has 1 aliphatic heterocycles. The molecule has 1 aliphatic carbocycles. The zero-order valence-electron chi connectivity index (χ0n) is 26.3. The number of anilines is 1. The molecule has 5 N–H and O–H groups in total. The molecule has 1 aromatic heterocycles. The van der Waals surface area contributed by atoms with Crippen molar-refractivity contribution in [1.29, 1.82) is 0 Å². The van der Waals surface area contributed by atoms with E-state index in [1.165, 1.54) is 0 Å². The van der Waals surface area contributed by atoms with Crippen molar-refractivity contribution in [1.82, 2.24) is 15.6 Å². The molecule has 4 aromatic rings. The molecule has 3 atom stereocenters. The van der Waals surface area contributed by atoms with Gasteiger partial charge in [0.1, 0.15) is 0 Å². The van der Waals surface area contributed by atoms with E-state index in [2.05, 4.69) is 20.9 Å². The summed E-state index contributed by atoms with van der Waals surface area (Å²) in [6.45, 7) is 9.57. The number of aliphatic hydroxyl groups is 1. The number of nitrogens with one attached hydrogen (secondary N) is 4. The maximum absolute atomic E-state index is 13.5. The summed E-state index contributed by atoms with van der Waals surface area (Å²) in [6.07, 6.45) is 2.38. The molecule has 3 unspecified atom stereocenters. The number of hydrogen-bond acceptors (Lipinski definition) is 4. The highest BCUT2D eigenvalue weighted by molar-refractivity contribution is 6.35. The first kappa shape index (κ1) is 31.5. The highest BCUT2D eigenvalue weighted by atomic mass is 16.3. The van der Waals surface area contributed by atoms with Crippen LogP contribution >= 0.6 is 0 Å². The molecular formula is C37H40N4O4. The standard InChI is InChI=1S/C35H34N4O4.C2H6/c1-19-29(36-21(3)31(19)35(43)39-32-25-12-8-7-11-23(25)14-16-30(32)40)18-27-26-17-24(13-15-28(26)38-34(27)42)33(41)37-20(2)22-9-5-4-6-10-22;1-2/h4-13,15,17-18,20,30,32,36,40H,14,16H2,1-3H3,(H,37,41)(H,38,42)(H,39,43);1-2H3/b27-18-;. The van der Waals surface area contributed by atoms with Gasteiger partial charge in [-0.15, -0.1) is 0 Å². The van der Waals surface area contributed by atoms with Crippen LogP contribution in [0.1, 0.15) is 99.2 Å². The van der Waals surface area contributed by atoms with Crippen LogP contribution in [0, 0.1) is 13.8 Å². The molecule has 0 saturated carbocycles. The van der Waals surface area contributed by atoms with Crippen molar-refractivity contribution in [3.05, 3.63) is 123 Å². The SMILES string of the molecule is CC.Cc1[nH]c(/C=C2\C(=O)Nc3ccc(C(=O)NC(C)c4ccccc4)cc32)c(C)c1C(=O)NC1c2ccccc2CCC1O. The molecule has 0 radical (unpaired) electrons. The van der Waals surface area contributed by atoms with Crippen LogP contribution in [-0.2, 0) is 11.2 Å². The predicted molar refractivity (Wildman–Crippen MR) is 178 cm³/mol. The van der Waals surface area contributed by atoms with E-state index in [-0.39, 0.29) is 23.8 Å². The minimum absolute atomic E-state index is 0.186. The van der Waals surface area contributed by atoms with E-state index in [1.54, 1.807) is 24.3 Å². The van der Waals surface area contributed by atoms with Crippen molar-refractivity contribution in [3.63, 3.8) is 0 Å². The van der Waals surface area contributed by atoms with E-state index in [1.807, 2.05) is 89.2 Å². The molecule has 45 heavy (non-hydrogen) atoms. The smallest absolute Gasteiger partial charge is 0.256 e. The van der Waals surface area contributed by atoms with Crippen molar-refractivity contribution < 1.29 is 19.5 Å². The van der Waals surface area contributed by atoms with Gasteiger partial charge in [0.2, 0.25) is 0 Å². The topological polar surface area (TPSA) is 123 Å². The fraction of sp³-hybridized carbons (Fsp3) is 0.270. The summed E-state index contributed by atoms with van der Waals surface area (Å²) in [6, 6.07) is 22.0. The van der Waals surface area contributed by atoms with Crippen molar-refractivity contribution in [2.45, 2.75) is 65.6 Å². The first-order chi connectivity index (χ1) is 21.7. The van der Waals surface area contributed by atoms with Crippen LogP contribution < -0.4 is 16.0 Å². The zero-order chi connectivity index (χ0) is 32.2. The Labute approximate surface area is 264 Å². The third-order valence-electron chi connectivity index (χ3n) is 8.47. The number of aliphatic hydroxyl groups excluding tert-OH is 1. The van der Waals surface area contributed by atoms with Crippen molar-refractivity contribution in [2.75, 3.05) is 5.32 Å². The molecule has 0 fully saturated rings.